The molecule has 0 bridgehead atoms. The van der Waals surface area contributed by atoms with Crippen molar-refractivity contribution in [1.82, 2.24) is 4.72 Å². The number of nitrogens with one attached hydrogen (secondary N) is 1. The Morgan fingerprint density at radius 3 is 1.80 bits per heavy atom. The molecule has 5 rings (SSSR count). The van der Waals surface area contributed by atoms with Gasteiger partial charge in [0.15, 0.2) is 0 Å². The third kappa shape index (κ3) is 7.84. The summed E-state index contributed by atoms with van der Waals surface area (Å²) < 4.78 is 72.7. The zero-order valence-electron chi connectivity index (χ0n) is 24.0. The molecule has 1 N–H and O–H groups in total. The van der Waals surface area contributed by atoms with E-state index in [0.29, 0.717) is 20.2 Å². The number of hydrogen-bond donors (Lipinski definition) is 1. The Labute approximate surface area is 267 Å². The monoisotopic (exact) mass is 697 g/mol. The molecule has 0 aliphatic carbocycles. The molecule has 0 radical (unpaired) electrons. The quantitative estimate of drug-likeness (QED) is 0.153. The number of rotatable bonds is 10. The van der Waals surface area contributed by atoms with Crippen LogP contribution in [-0.2, 0) is 28.0 Å². The topological polar surface area (TPSA) is 46.2 Å². The molecule has 0 fully saturated rings. The first-order valence-corrected chi connectivity index (χ1v) is 18.0. The Hall–Kier alpha value is -3.33. The molecule has 0 unspecified atom stereocenters. The van der Waals surface area contributed by atoms with Crippen molar-refractivity contribution in [2.75, 3.05) is 0 Å². The van der Waals surface area contributed by atoms with Crippen LogP contribution in [0.5, 0.6) is 0 Å². The van der Waals surface area contributed by atoms with Gasteiger partial charge in [0.25, 0.3) is 0 Å². The number of aryl methyl sites for hydroxylation is 2. The summed E-state index contributed by atoms with van der Waals surface area (Å²) in [5, 5.41) is 0. The van der Waals surface area contributed by atoms with E-state index in [4.69, 9.17) is 0 Å². The minimum absolute atomic E-state index is 0.313. The van der Waals surface area contributed by atoms with Gasteiger partial charge in [-0.1, -0.05) is 0 Å². The third-order valence-corrected chi connectivity index (χ3v) is 12.5. The first-order chi connectivity index (χ1) is 21.1. The van der Waals surface area contributed by atoms with E-state index in [2.05, 4.69) is 4.72 Å². The molecule has 0 spiro atoms. The predicted octanol–water partition coefficient (Wildman–Crippen LogP) is 7.61. The number of alkyl halides is 3. The first-order valence-electron chi connectivity index (χ1n) is 13.8. The molecule has 0 amide bonds. The predicted molar refractivity (Wildman–Crippen MR) is 172 cm³/mol. The molecule has 0 heterocycles. The first kappa shape index (κ1) is 32.1. The van der Waals surface area contributed by atoms with E-state index in [1.54, 1.807) is 12.1 Å². The van der Waals surface area contributed by atoms with Gasteiger partial charge in [0.1, 0.15) is 0 Å². The van der Waals surface area contributed by atoms with Crippen molar-refractivity contribution < 1.29 is 21.6 Å². The molecule has 0 saturated carbocycles. The Kier molecular flexibility index (Phi) is 10.3. The van der Waals surface area contributed by atoms with Gasteiger partial charge in [-0.3, -0.25) is 0 Å². The number of hydrogen-bond acceptors (Lipinski definition) is 2. The van der Waals surface area contributed by atoms with E-state index >= 15 is 0 Å². The summed E-state index contributed by atoms with van der Waals surface area (Å²) in [5.41, 5.74) is 2.65. The maximum atomic E-state index is 14.0. The molecular formula is C35H30F3NO2S2Se. The van der Waals surface area contributed by atoms with E-state index in [0.717, 1.165) is 33.3 Å². The zero-order chi connectivity index (χ0) is 31.3. The molecule has 226 valence electrons. The van der Waals surface area contributed by atoms with Gasteiger partial charge in [-0.05, 0) is 0 Å². The molecule has 3 nitrogen and oxygen atoms in total. The SMILES string of the molecule is Cc1ccc([S@](=O)c2ccccc2[C@H]([Se]c2ccccc2)[C@H](N[S@@](=O)c2ccc(C)cc2)c2ccc(C(F)(F)F)cc2)cc1. The van der Waals surface area contributed by atoms with Crippen molar-refractivity contribution in [2.24, 2.45) is 0 Å². The van der Waals surface area contributed by atoms with Crippen LogP contribution in [0.2, 0.25) is 0 Å². The summed E-state index contributed by atoms with van der Waals surface area (Å²) >= 11 is -0.313. The van der Waals surface area contributed by atoms with Crippen LogP contribution in [0.15, 0.2) is 142 Å². The fourth-order valence-corrected chi connectivity index (χ4v) is 10.0. The van der Waals surface area contributed by atoms with Crippen LogP contribution in [0.1, 0.15) is 38.7 Å². The molecule has 0 aromatic heterocycles. The van der Waals surface area contributed by atoms with Crippen molar-refractivity contribution in [3.63, 3.8) is 0 Å². The summed E-state index contributed by atoms with van der Waals surface area (Å²) in [5.74, 6) is 0. The van der Waals surface area contributed by atoms with Crippen molar-refractivity contribution >= 4 is 41.2 Å². The average molecular weight is 697 g/mol. The molecule has 44 heavy (non-hydrogen) atoms. The molecule has 0 aliphatic rings. The fourth-order valence-electron chi connectivity index (χ4n) is 4.66. The van der Waals surface area contributed by atoms with Crippen LogP contribution in [0, 0.1) is 13.8 Å². The van der Waals surface area contributed by atoms with Crippen LogP contribution in [0.25, 0.3) is 0 Å². The standard InChI is InChI=1S/C35H30F3NO2S2Se/c1-24-12-20-28(21-13-24)42(40)32-11-7-6-10-31(32)34(44-30-8-4-3-5-9-30)33(26-16-18-27(19-17-26)35(36,37)38)39-43(41)29-22-14-25(2)15-23-29/h3-23,33-34,39H,1-2H3/t33-,34+,42+,43+/m1/s1. The molecule has 5 aromatic carbocycles. The van der Waals surface area contributed by atoms with E-state index in [1.165, 1.54) is 12.1 Å². The molecule has 0 saturated heterocycles. The Morgan fingerprint density at radius 1 is 0.659 bits per heavy atom. The second kappa shape index (κ2) is 14.2. The normalized spacial score (nSPS) is 14.5. The van der Waals surface area contributed by atoms with Crippen LogP contribution in [0.4, 0.5) is 13.2 Å². The van der Waals surface area contributed by atoms with Crippen LogP contribution in [-0.4, -0.2) is 23.4 Å². The van der Waals surface area contributed by atoms with Gasteiger partial charge in [-0.2, -0.15) is 0 Å². The summed E-state index contributed by atoms with van der Waals surface area (Å²) in [7, 11) is -3.22. The van der Waals surface area contributed by atoms with Crippen LogP contribution >= 0.6 is 0 Å². The maximum absolute atomic E-state index is 14.0. The zero-order valence-corrected chi connectivity index (χ0v) is 27.3. The van der Waals surface area contributed by atoms with Crippen molar-refractivity contribution in [1.29, 1.82) is 0 Å². The molecular weight excluding hydrogens is 666 g/mol. The third-order valence-electron chi connectivity index (χ3n) is 7.04. The van der Waals surface area contributed by atoms with E-state index in [9.17, 15) is 21.6 Å². The minimum atomic E-state index is -4.49. The molecule has 4 atom stereocenters. The summed E-state index contributed by atoms with van der Waals surface area (Å²) in [4.78, 5) is 1.42. The second-order valence-electron chi connectivity index (χ2n) is 10.3. The van der Waals surface area contributed by atoms with E-state index in [-0.39, 0.29) is 19.8 Å². The van der Waals surface area contributed by atoms with Gasteiger partial charge in [0.05, 0.1) is 0 Å². The summed E-state index contributed by atoms with van der Waals surface area (Å²) in [6.07, 6.45) is -4.49. The summed E-state index contributed by atoms with van der Waals surface area (Å²) in [6, 6.07) is 36.4. The number of benzene rings is 5. The second-order valence-corrected chi connectivity index (χ2v) is 15.5. The van der Waals surface area contributed by atoms with Gasteiger partial charge >= 0.3 is 268 Å². The van der Waals surface area contributed by atoms with Gasteiger partial charge in [-0.25, -0.2) is 0 Å². The Balaban J connectivity index is 1.65. The summed E-state index contributed by atoms with van der Waals surface area (Å²) in [6.45, 7) is 3.90. The van der Waals surface area contributed by atoms with Crippen molar-refractivity contribution in [3.05, 3.63) is 155 Å². The van der Waals surface area contributed by atoms with Gasteiger partial charge in [-0.15, -0.1) is 0 Å². The van der Waals surface area contributed by atoms with Crippen molar-refractivity contribution in [3.8, 4) is 0 Å². The molecule has 0 aliphatic heterocycles. The van der Waals surface area contributed by atoms with E-state index < -0.39 is 39.6 Å². The Morgan fingerprint density at radius 2 is 1.20 bits per heavy atom. The van der Waals surface area contributed by atoms with E-state index in [1.807, 2.05) is 105 Å². The molecule has 9 heteroatoms. The van der Waals surface area contributed by atoms with Crippen LogP contribution < -0.4 is 9.18 Å². The van der Waals surface area contributed by atoms with Gasteiger partial charge in [0.2, 0.25) is 0 Å². The van der Waals surface area contributed by atoms with Crippen LogP contribution in [0.3, 0.4) is 0 Å². The van der Waals surface area contributed by atoms with Gasteiger partial charge < -0.3 is 0 Å². The van der Waals surface area contributed by atoms with Crippen molar-refractivity contribution in [2.45, 2.75) is 45.6 Å². The van der Waals surface area contributed by atoms with Gasteiger partial charge in [0, 0.05) is 0 Å². The fraction of sp³-hybridized carbons (Fsp3) is 0.143. The molecule has 5 aromatic rings. The number of halogens is 3. The Bertz CT molecular complexity index is 1750. The average Bonchev–Trinajstić information content (AvgIpc) is 3.03.